The van der Waals surface area contributed by atoms with E-state index in [1.807, 2.05) is 13.8 Å². The molecule has 5 nitrogen and oxygen atoms in total. The van der Waals surface area contributed by atoms with Crippen LogP contribution < -0.4 is 5.73 Å². The molecule has 1 fully saturated rings. The van der Waals surface area contributed by atoms with Gasteiger partial charge < -0.3 is 15.7 Å². The molecule has 0 aromatic carbocycles. The number of amides is 1. The molecule has 0 radical (unpaired) electrons. The fourth-order valence-corrected chi connectivity index (χ4v) is 2.47. The lowest BCUT2D eigenvalue weighted by atomic mass is 9.89. The van der Waals surface area contributed by atoms with E-state index in [1.165, 1.54) is 4.90 Å². The monoisotopic (exact) mass is 242 g/mol. The average Bonchev–Trinajstić information content (AvgIpc) is 2.27. The van der Waals surface area contributed by atoms with Crippen LogP contribution in [0, 0.1) is 11.8 Å². The molecule has 3 N–H and O–H groups in total. The lowest BCUT2D eigenvalue weighted by molar-refractivity contribution is -0.156. The summed E-state index contributed by atoms with van der Waals surface area (Å²) >= 11 is 0. The van der Waals surface area contributed by atoms with Crippen molar-refractivity contribution in [2.75, 3.05) is 13.1 Å². The van der Waals surface area contributed by atoms with E-state index in [4.69, 9.17) is 5.73 Å². The summed E-state index contributed by atoms with van der Waals surface area (Å²) in [5, 5.41) is 9.22. The van der Waals surface area contributed by atoms with E-state index in [-0.39, 0.29) is 17.7 Å². The number of carbonyl (C=O) groups is 2. The largest absolute Gasteiger partial charge is 0.480 e. The van der Waals surface area contributed by atoms with Gasteiger partial charge in [-0.15, -0.1) is 0 Å². The van der Waals surface area contributed by atoms with Gasteiger partial charge in [-0.25, -0.2) is 4.79 Å². The Morgan fingerprint density at radius 3 is 2.71 bits per heavy atom. The van der Waals surface area contributed by atoms with Crippen molar-refractivity contribution < 1.29 is 14.7 Å². The van der Waals surface area contributed by atoms with Crippen molar-refractivity contribution in [3.63, 3.8) is 0 Å². The molecule has 1 aliphatic heterocycles. The number of aliphatic carboxylic acids is 1. The second kappa shape index (κ2) is 6.00. The van der Waals surface area contributed by atoms with Crippen molar-refractivity contribution >= 4 is 11.9 Å². The van der Waals surface area contributed by atoms with Crippen molar-refractivity contribution in [1.29, 1.82) is 0 Å². The number of nitrogens with zero attached hydrogens (tertiary/aromatic N) is 1. The van der Waals surface area contributed by atoms with Gasteiger partial charge in [-0.05, 0) is 31.7 Å². The van der Waals surface area contributed by atoms with E-state index in [0.717, 1.165) is 12.8 Å². The number of carboxylic acid groups (broad SMARTS) is 1. The molecule has 98 valence electrons. The molecule has 1 amide bonds. The molecule has 0 aromatic heterocycles. The maximum absolute atomic E-state index is 12.2. The van der Waals surface area contributed by atoms with Gasteiger partial charge in [-0.1, -0.05) is 13.8 Å². The molecule has 0 spiro atoms. The standard InChI is InChI=1S/C12H22N2O3/c1-8-4-3-7-14(10(8)12(16)17)11(15)9(2)5-6-13/h8-10H,3-7,13H2,1-2H3,(H,16,17). The van der Waals surface area contributed by atoms with Crippen LogP contribution in [-0.4, -0.2) is 41.0 Å². The highest BCUT2D eigenvalue weighted by molar-refractivity contribution is 5.85. The van der Waals surface area contributed by atoms with E-state index >= 15 is 0 Å². The molecule has 0 aliphatic carbocycles. The summed E-state index contributed by atoms with van der Waals surface area (Å²) in [5.41, 5.74) is 5.43. The summed E-state index contributed by atoms with van der Waals surface area (Å²) in [4.78, 5) is 24.9. The second-order valence-electron chi connectivity index (χ2n) is 4.91. The Balaban J connectivity index is 2.78. The number of nitrogens with two attached hydrogens (primary N) is 1. The smallest absolute Gasteiger partial charge is 0.326 e. The Labute approximate surface area is 102 Å². The molecule has 0 aromatic rings. The lowest BCUT2D eigenvalue weighted by Gasteiger charge is -2.38. The minimum atomic E-state index is -0.898. The van der Waals surface area contributed by atoms with Gasteiger partial charge in [0, 0.05) is 12.5 Å². The van der Waals surface area contributed by atoms with E-state index in [9.17, 15) is 14.7 Å². The fourth-order valence-electron chi connectivity index (χ4n) is 2.47. The van der Waals surface area contributed by atoms with Crippen LogP contribution in [0.4, 0.5) is 0 Å². The minimum Gasteiger partial charge on any atom is -0.480 e. The predicted molar refractivity (Wildman–Crippen MR) is 64.4 cm³/mol. The van der Waals surface area contributed by atoms with Crippen molar-refractivity contribution in [2.24, 2.45) is 17.6 Å². The quantitative estimate of drug-likeness (QED) is 0.759. The molecular formula is C12H22N2O3. The third kappa shape index (κ3) is 3.19. The lowest BCUT2D eigenvalue weighted by Crippen LogP contribution is -2.53. The SMILES string of the molecule is CC(CCN)C(=O)N1CCCC(C)C1C(=O)O. The van der Waals surface area contributed by atoms with E-state index < -0.39 is 12.0 Å². The number of hydrogen-bond acceptors (Lipinski definition) is 3. The second-order valence-corrected chi connectivity index (χ2v) is 4.91. The third-order valence-electron chi connectivity index (χ3n) is 3.49. The molecule has 17 heavy (non-hydrogen) atoms. The third-order valence-corrected chi connectivity index (χ3v) is 3.49. The Morgan fingerprint density at radius 2 is 2.18 bits per heavy atom. The first-order valence-corrected chi connectivity index (χ1v) is 6.22. The van der Waals surface area contributed by atoms with Crippen molar-refractivity contribution in [1.82, 2.24) is 4.90 Å². The van der Waals surface area contributed by atoms with E-state index in [0.29, 0.717) is 19.5 Å². The van der Waals surface area contributed by atoms with Gasteiger partial charge in [0.05, 0.1) is 0 Å². The molecule has 1 rings (SSSR count). The van der Waals surface area contributed by atoms with Crippen LogP contribution in [0.1, 0.15) is 33.1 Å². The molecule has 3 unspecified atom stereocenters. The fraction of sp³-hybridized carbons (Fsp3) is 0.833. The topological polar surface area (TPSA) is 83.6 Å². The molecule has 1 aliphatic rings. The summed E-state index contributed by atoms with van der Waals surface area (Å²) in [7, 11) is 0. The van der Waals surface area contributed by atoms with Gasteiger partial charge in [0.15, 0.2) is 0 Å². The van der Waals surface area contributed by atoms with E-state index in [1.54, 1.807) is 0 Å². The zero-order chi connectivity index (χ0) is 13.0. The highest BCUT2D eigenvalue weighted by Crippen LogP contribution is 2.25. The number of hydrogen-bond donors (Lipinski definition) is 2. The summed E-state index contributed by atoms with van der Waals surface area (Å²) in [6, 6.07) is -0.670. The van der Waals surface area contributed by atoms with Gasteiger partial charge in [-0.2, -0.15) is 0 Å². The first-order chi connectivity index (χ1) is 7.99. The normalized spacial score (nSPS) is 26.6. The molecular weight excluding hydrogens is 220 g/mol. The molecule has 5 heteroatoms. The van der Waals surface area contributed by atoms with E-state index in [2.05, 4.69) is 0 Å². The van der Waals surface area contributed by atoms with Crippen LogP contribution in [0.15, 0.2) is 0 Å². The zero-order valence-corrected chi connectivity index (χ0v) is 10.6. The van der Waals surface area contributed by atoms with Crippen LogP contribution in [0.3, 0.4) is 0 Å². The number of carboxylic acids is 1. The predicted octanol–water partition coefficient (Wildman–Crippen LogP) is 0.683. The number of carbonyl (C=O) groups excluding carboxylic acids is 1. The van der Waals surface area contributed by atoms with Gasteiger partial charge >= 0.3 is 5.97 Å². The highest BCUT2D eigenvalue weighted by Gasteiger charge is 2.38. The van der Waals surface area contributed by atoms with Crippen LogP contribution in [-0.2, 0) is 9.59 Å². The summed E-state index contributed by atoms with van der Waals surface area (Å²) in [6.45, 7) is 4.71. The molecule has 1 heterocycles. The summed E-state index contributed by atoms with van der Waals surface area (Å²) < 4.78 is 0. The van der Waals surface area contributed by atoms with Crippen LogP contribution >= 0.6 is 0 Å². The Morgan fingerprint density at radius 1 is 1.53 bits per heavy atom. The van der Waals surface area contributed by atoms with Crippen LogP contribution in [0.2, 0.25) is 0 Å². The number of likely N-dealkylation sites (tertiary alicyclic amines) is 1. The Bertz CT molecular complexity index is 293. The highest BCUT2D eigenvalue weighted by atomic mass is 16.4. The first-order valence-electron chi connectivity index (χ1n) is 6.22. The van der Waals surface area contributed by atoms with Crippen molar-refractivity contribution in [3.8, 4) is 0 Å². The molecule has 1 saturated heterocycles. The molecule has 0 saturated carbocycles. The van der Waals surface area contributed by atoms with Gasteiger partial charge in [0.1, 0.15) is 6.04 Å². The van der Waals surface area contributed by atoms with Gasteiger partial charge in [0.25, 0.3) is 0 Å². The maximum Gasteiger partial charge on any atom is 0.326 e. The molecule has 3 atom stereocenters. The Kier molecular flexibility index (Phi) is 4.93. The van der Waals surface area contributed by atoms with Crippen LogP contribution in [0.25, 0.3) is 0 Å². The first kappa shape index (κ1) is 14.0. The van der Waals surface area contributed by atoms with Gasteiger partial charge in [0.2, 0.25) is 5.91 Å². The summed E-state index contributed by atoms with van der Waals surface area (Å²) in [6.07, 6.45) is 2.36. The molecule has 0 bridgehead atoms. The Hall–Kier alpha value is -1.10. The maximum atomic E-state index is 12.2. The minimum absolute atomic E-state index is 0.0234. The van der Waals surface area contributed by atoms with Crippen LogP contribution in [0.5, 0.6) is 0 Å². The van der Waals surface area contributed by atoms with Crippen molar-refractivity contribution in [2.45, 2.75) is 39.2 Å². The summed E-state index contributed by atoms with van der Waals surface area (Å²) in [5.74, 6) is -1.14. The van der Waals surface area contributed by atoms with Crippen molar-refractivity contribution in [3.05, 3.63) is 0 Å². The number of rotatable bonds is 4. The van der Waals surface area contributed by atoms with Gasteiger partial charge in [-0.3, -0.25) is 4.79 Å². The number of piperidine rings is 1. The average molecular weight is 242 g/mol. The zero-order valence-electron chi connectivity index (χ0n) is 10.6.